The lowest BCUT2D eigenvalue weighted by atomic mass is 9.89. The Bertz CT molecular complexity index is 648. The first-order valence-electron chi connectivity index (χ1n) is 15.2. The number of nitrogens with one attached hydrogen (secondary N) is 1. The minimum atomic E-state index is -0.639. The highest BCUT2D eigenvalue weighted by Gasteiger charge is 2.42. The van der Waals surface area contributed by atoms with Crippen molar-refractivity contribution in [2.24, 2.45) is 11.8 Å². The quantitative estimate of drug-likeness (QED) is 0.0618. The average Bonchev–Trinajstić information content (AvgIpc) is 2.85. The molecule has 0 bridgehead atoms. The number of hydrogen-bond donors (Lipinski definition) is 1. The van der Waals surface area contributed by atoms with E-state index >= 15 is 0 Å². The Labute approximate surface area is 226 Å². The van der Waals surface area contributed by atoms with Crippen molar-refractivity contribution in [1.29, 1.82) is 0 Å². The van der Waals surface area contributed by atoms with Crippen LogP contribution in [0, 0.1) is 11.8 Å². The van der Waals surface area contributed by atoms with Gasteiger partial charge in [-0.05, 0) is 57.3 Å². The highest BCUT2D eigenvalue weighted by molar-refractivity contribution is 5.79. The summed E-state index contributed by atoms with van der Waals surface area (Å²) in [6.07, 6.45) is 23.5. The Kier molecular flexibility index (Phi) is 18.9. The van der Waals surface area contributed by atoms with Crippen molar-refractivity contribution in [3.05, 3.63) is 12.2 Å². The van der Waals surface area contributed by atoms with Crippen LogP contribution >= 0.6 is 0 Å². The van der Waals surface area contributed by atoms with Gasteiger partial charge in [0, 0.05) is 6.42 Å². The number of cyclic esters (lactones) is 1. The van der Waals surface area contributed by atoms with Crippen LogP contribution in [-0.2, 0) is 23.9 Å². The zero-order valence-corrected chi connectivity index (χ0v) is 24.2. The third kappa shape index (κ3) is 15.2. The normalized spacial score (nSPS) is 18.9. The van der Waals surface area contributed by atoms with Crippen LogP contribution in [-0.4, -0.2) is 36.6 Å². The van der Waals surface area contributed by atoms with Crippen LogP contribution < -0.4 is 5.32 Å². The Morgan fingerprint density at radius 2 is 1.54 bits per heavy atom. The Morgan fingerprint density at radius 3 is 2.08 bits per heavy atom. The number of ether oxygens (including phenoxy) is 2. The molecule has 0 aliphatic carbocycles. The van der Waals surface area contributed by atoms with E-state index in [1.54, 1.807) is 0 Å². The van der Waals surface area contributed by atoms with Crippen molar-refractivity contribution >= 4 is 18.3 Å². The second kappa shape index (κ2) is 21.1. The molecule has 1 fully saturated rings. The standard InChI is InChI=1S/C31H55NO5/c1-5-7-8-9-10-11-12-13-14-15-16-17-18-19-20-21-26(23-29-27(6-2)30(34)37-29)36-31(35)28(32-24-33)22-25(3)4/h13-14,24-29H,5-12,15-23H2,1-4H3,(H,32,33)/t26-,27-,28-,29-/m0/s1. The van der Waals surface area contributed by atoms with Gasteiger partial charge in [-0.25, -0.2) is 4.79 Å². The molecule has 4 atom stereocenters. The van der Waals surface area contributed by atoms with Gasteiger partial charge in [0.05, 0.1) is 5.92 Å². The molecule has 1 aliphatic heterocycles. The van der Waals surface area contributed by atoms with Crippen molar-refractivity contribution in [2.75, 3.05) is 0 Å². The van der Waals surface area contributed by atoms with Gasteiger partial charge in [0.1, 0.15) is 18.2 Å². The van der Waals surface area contributed by atoms with Crippen molar-refractivity contribution < 1.29 is 23.9 Å². The monoisotopic (exact) mass is 521 g/mol. The fourth-order valence-electron chi connectivity index (χ4n) is 5.00. The fourth-order valence-corrected chi connectivity index (χ4v) is 5.00. The average molecular weight is 522 g/mol. The predicted octanol–water partition coefficient (Wildman–Crippen LogP) is 7.44. The minimum Gasteiger partial charge on any atom is -0.461 e. The van der Waals surface area contributed by atoms with Gasteiger partial charge in [0.2, 0.25) is 6.41 Å². The van der Waals surface area contributed by atoms with Gasteiger partial charge in [-0.2, -0.15) is 0 Å². The maximum absolute atomic E-state index is 12.8. The van der Waals surface area contributed by atoms with Crippen LogP contribution in [0.1, 0.15) is 137 Å². The Morgan fingerprint density at radius 1 is 0.946 bits per heavy atom. The summed E-state index contributed by atoms with van der Waals surface area (Å²) in [7, 11) is 0. The molecule has 1 N–H and O–H groups in total. The molecule has 1 rings (SSSR count). The third-order valence-electron chi connectivity index (χ3n) is 7.29. The second-order valence-electron chi connectivity index (χ2n) is 11.1. The highest BCUT2D eigenvalue weighted by atomic mass is 16.6. The summed E-state index contributed by atoms with van der Waals surface area (Å²) >= 11 is 0. The maximum atomic E-state index is 12.8. The number of carbonyl (C=O) groups excluding carboxylic acids is 3. The van der Waals surface area contributed by atoms with Gasteiger partial charge in [-0.3, -0.25) is 9.59 Å². The molecule has 1 heterocycles. The molecule has 0 unspecified atom stereocenters. The molecule has 0 aromatic rings. The molecule has 6 nitrogen and oxygen atoms in total. The van der Waals surface area contributed by atoms with Gasteiger partial charge in [0.15, 0.2) is 0 Å². The predicted molar refractivity (Wildman–Crippen MR) is 150 cm³/mol. The van der Waals surface area contributed by atoms with Gasteiger partial charge < -0.3 is 14.8 Å². The fraction of sp³-hybridized carbons (Fsp3) is 0.839. The van der Waals surface area contributed by atoms with Gasteiger partial charge >= 0.3 is 11.9 Å². The number of carbonyl (C=O) groups is 3. The zero-order chi connectivity index (χ0) is 27.3. The molecule has 0 saturated carbocycles. The van der Waals surface area contributed by atoms with Gasteiger partial charge in [0.25, 0.3) is 0 Å². The van der Waals surface area contributed by atoms with E-state index in [0.29, 0.717) is 19.3 Å². The second-order valence-corrected chi connectivity index (χ2v) is 11.1. The summed E-state index contributed by atoms with van der Waals surface area (Å²) in [5.41, 5.74) is 0. The summed E-state index contributed by atoms with van der Waals surface area (Å²) in [5.74, 6) is -0.392. The number of rotatable bonds is 24. The van der Waals surface area contributed by atoms with Crippen molar-refractivity contribution in [3.63, 3.8) is 0 Å². The molecule has 214 valence electrons. The first-order valence-corrected chi connectivity index (χ1v) is 15.2. The first kappa shape index (κ1) is 33.2. The smallest absolute Gasteiger partial charge is 0.328 e. The number of allylic oxidation sites excluding steroid dienone is 2. The zero-order valence-electron chi connectivity index (χ0n) is 24.2. The maximum Gasteiger partial charge on any atom is 0.328 e. The van der Waals surface area contributed by atoms with Crippen molar-refractivity contribution in [2.45, 2.75) is 155 Å². The van der Waals surface area contributed by atoms with E-state index in [1.165, 1.54) is 64.2 Å². The molecule has 0 aromatic heterocycles. The Hall–Kier alpha value is -1.85. The van der Waals surface area contributed by atoms with Crippen molar-refractivity contribution in [3.8, 4) is 0 Å². The van der Waals surface area contributed by atoms with E-state index < -0.39 is 12.0 Å². The van der Waals surface area contributed by atoms with E-state index in [0.717, 1.165) is 32.1 Å². The summed E-state index contributed by atoms with van der Waals surface area (Å²) in [5, 5.41) is 2.60. The number of unbranched alkanes of at least 4 members (excludes halogenated alkanes) is 11. The van der Waals surface area contributed by atoms with E-state index in [2.05, 4.69) is 24.4 Å². The summed E-state index contributed by atoms with van der Waals surface area (Å²) in [6.45, 7) is 8.26. The Balaban J connectivity index is 2.32. The molecule has 0 radical (unpaired) electrons. The molecule has 1 saturated heterocycles. The molecule has 1 amide bonds. The van der Waals surface area contributed by atoms with E-state index in [9.17, 15) is 14.4 Å². The lowest BCUT2D eigenvalue weighted by Crippen LogP contribution is -2.47. The number of hydrogen-bond acceptors (Lipinski definition) is 5. The molecular formula is C31H55NO5. The van der Waals surface area contributed by atoms with E-state index in [-0.39, 0.29) is 30.0 Å². The highest BCUT2D eigenvalue weighted by Crippen LogP contribution is 2.31. The lowest BCUT2D eigenvalue weighted by Gasteiger charge is -2.36. The van der Waals surface area contributed by atoms with Gasteiger partial charge in [-0.1, -0.05) is 91.2 Å². The summed E-state index contributed by atoms with van der Waals surface area (Å²) < 4.78 is 11.2. The largest absolute Gasteiger partial charge is 0.461 e. The SMILES string of the molecule is CCCCCCCCC=CCCCCCCC[C@@H](C[C@@H]1OC(=O)[C@H]1CC)OC(=O)[C@H](CC(C)C)NC=O. The molecular weight excluding hydrogens is 466 g/mol. The molecule has 6 heteroatoms. The third-order valence-corrected chi connectivity index (χ3v) is 7.29. The summed E-state index contributed by atoms with van der Waals surface area (Å²) in [4.78, 5) is 35.5. The number of amides is 1. The van der Waals surface area contributed by atoms with Crippen LogP contribution in [0.5, 0.6) is 0 Å². The van der Waals surface area contributed by atoms with Crippen molar-refractivity contribution in [1.82, 2.24) is 5.32 Å². The molecule has 0 spiro atoms. The van der Waals surface area contributed by atoms with Crippen LogP contribution in [0.3, 0.4) is 0 Å². The van der Waals surface area contributed by atoms with E-state index in [4.69, 9.17) is 9.47 Å². The van der Waals surface area contributed by atoms with Crippen LogP contribution in [0.4, 0.5) is 0 Å². The topological polar surface area (TPSA) is 81.7 Å². The summed E-state index contributed by atoms with van der Waals surface area (Å²) in [6, 6.07) is -0.639. The van der Waals surface area contributed by atoms with Crippen LogP contribution in [0.15, 0.2) is 12.2 Å². The number of esters is 2. The van der Waals surface area contributed by atoms with Gasteiger partial charge in [-0.15, -0.1) is 0 Å². The lowest BCUT2D eigenvalue weighted by molar-refractivity contribution is -0.190. The minimum absolute atomic E-state index is 0.102. The molecule has 1 aliphatic rings. The van der Waals surface area contributed by atoms with E-state index in [1.807, 2.05) is 20.8 Å². The molecule has 37 heavy (non-hydrogen) atoms. The molecule has 0 aromatic carbocycles. The first-order chi connectivity index (χ1) is 17.9. The van der Waals surface area contributed by atoms with Crippen LogP contribution in [0.25, 0.3) is 0 Å². The van der Waals surface area contributed by atoms with Crippen LogP contribution in [0.2, 0.25) is 0 Å².